The van der Waals surface area contributed by atoms with E-state index in [1.807, 2.05) is 11.8 Å². The molecular weight excluding hydrogens is 232 g/mol. The highest BCUT2D eigenvalue weighted by molar-refractivity contribution is 7.98. The van der Waals surface area contributed by atoms with E-state index in [9.17, 15) is 0 Å². The SMILES string of the molecule is CSCCN(C)Cc1ccc(CNC(C)C)o1. The van der Waals surface area contributed by atoms with Crippen LogP contribution in [0, 0.1) is 0 Å². The fraction of sp³-hybridized carbons (Fsp3) is 0.692. The number of nitrogens with one attached hydrogen (secondary N) is 1. The number of furan rings is 1. The van der Waals surface area contributed by atoms with E-state index < -0.39 is 0 Å². The highest BCUT2D eigenvalue weighted by Crippen LogP contribution is 2.10. The van der Waals surface area contributed by atoms with Gasteiger partial charge in [0.1, 0.15) is 11.5 Å². The molecule has 0 aliphatic carbocycles. The van der Waals surface area contributed by atoms with Crippen LogP contribution in [0.4, 0.5) is 0 Å². The van der Waals surface area contributed by atoms with Gasteiger partial charge in [0.25, 0.3) is 0 Å². The van der Waals surface area contributed by atoms with Gasteiger partial charge in [-0.2, -0.15) is 11.8 Å². The van der Waals surface area contributed by atoms with E-state index in [0.717, 1.165) is 31.2 Å². The van der Waals surface area contributed by atoms with Crippen molar-refractivity contribution in [2.24, 2.45) is 0 Å². The molecule has 0 fully saturated rings. The Bertz CT molecular complexity index is 312. The molecule has 1 aromatic rings. The van der Waals surface area contributed by atoms with Crippen LogP contribution in [0.3, 0.4) is 0 Å². The Morgan fingerprint density at radius 1 is 1.35 bits per heavy atom. The Morgan fingerprint density at radius 2 is 2.06 bits per heavy atom. The van der Waals surface area contributed by atoms with Gasteiger partial charge in [0, 0.05) is 18.3 Å². The number of thioether (sulfide) groups is 1. The van der Waals surface area contributed by atoms with Crippen molar-refractivity contribution >= 4 is 11.8 Å². The van der Waals surface area contributed by atoms with E-state index in [4.69, 9.17) is 4.42 Å². The first kappa shape index (κ1) is 14.6. The van der Waals surface area contributed by atoms with Gasteiger partial charge in [-0.15, -0.1) is 0 Å². The van der Waals surface area contributed by atoms with E-state index in [1.165, 1.54) is 5.75 Å². The molecule has 0 amide bonds. The number of rotatable bonds is 8. The first-order chi connectivity index (χ1) is 8.11. The van der Waals surface area contributed by atoms with E-state index >= 15 is 0 Å². The summed E-state index contributed by atoms with van der Waals surface area (Å²) in [5, 5.41) is 3.35. The Kier molecular flexibility index (Phi) is 6.70. The van der Waals surface area contributed by atoms with Gasteiger partial charge in [0.05, 0.1) is 13.1 Å². The molecule has 0 spiro atoms. The molecule has 1 aromatic heterocycles. The van der Waals surface area contributed by atoms with Gasteiger partial charge in [-0.25, -0.2) is 0 Å². The summed E-state index contributed by atoms with van der Waals surface area (Å²) in [4.78, 5) is 2.29. The van der Waals surface area contributed by atoms with Crippen molar-refractivity contribution in [3.05, 3.63) is 23.7 Å². The van der Waals surface area contributed by atoms with E-state index in [1.54, 1.807) is 0 Å². The standard InChI is InChI=1S/C13H24N2OS/c1-11(2)14-9-12-5-6-13(16-12)10-15(3)7-8-17-4/h5-6,11,14H,7-10H2,1-4H3. The van der Waals surface area contributed by atoms with E-state index in [2.05, 4.69) is 49.5 Å². The molecule has 3 nitrogen and oxygen atoms in total. The Hall–Kier alpha value is -0.450. The lowest BCUT2D eigenvalue weighted by atomic mass is 10.3. The van der Waals surface area contributed by atoms with Gasteiger partial charge in [-0.05, 0) is 25.4 Å². The maximum atomic E-state index is 5.77. The van der Waals surface area contributed by atoms with Crippen molar-refractivity contribution in [2.75, 3.05) is 25.6 Å². The minimum absolute atomic E-state index is 0.493. The average molecular weight is 256 g/mol. The van der Waals surface area contributed by atoms with Crippen LogP contribution in [0.2, 0.25) is 0 Å². The third-order valence-electron chi connectivity index (χ3n) is 2.50. The summed E-state index contributed by atoms with van der Waals surface area (Å²) >= 11 is 1.87. The molecule has 98 valence electrons. The summed E-state index contributed by atoms with van der Waals surface area (Å²) in [5.41, 5.74) is 0. The van der Waals surface area contributed by atoms with E-state index in [-0.39, 0.29) is 0 Å². The highest BCUT2D eigenvalue weighted by Gasteiger charge is 2.05. The molecule has 0 saturated carbocycles. The molecule has 17 heavy (non-hydrogen) atoms. The van der Waals surface area contributed by atoms with Crippen molar-refractivity contribution in [3.63, 3.8) is 0 Å². The van der Waals surface area contributed by atoms with Gasteiger partial charge < -0.3 is 9.73 Å². The maximum Gasteiger partial charge on any atom is 0.118 e. The van der Waals surface area contributed by atoms with Crippen LogP contribution in [-0.2, 0) is 13.1 Å². The zero-order valence-corrected chi connectivity index (χ0v) is 12.1. The van der Waals surface area contributed by atoms with Gasteiger partial charge in [-0.1, -0.05) is 13.8 Å². The molecular formula is C13H24N2OS. The lowest BCUT2D eigenvalue weighted by Crippen LogP contribution is -2.21. The summed E-state index contributed by atoms with van der Waals surface area (Å²) < 4.78 is 5.77. The maximum absolute atomic E-state index is 5.77. The van der Waals surface area contributed by atoms with Crippen molar-refractivity contribution in [1.82, 2.24) is 10.2 Å². The van der Waals surface area contributed by atoms with Gasteiger partial charge in [0.2, 0.25) is 0 Å². The Labute approximate surface area is 109 Å². The molecule has 4 heteroatoms. The quantitative estimate of drug-likeness (QED) is 0.774. The van der Waals surface area contributed by atoms with Gasteiger partial charge >= 0.3 is 0 Å². The molecule has 1 heterocycles. The lowest BCUT2D eigenvalue weighted by molar-refractivity contribution is 0.304. The van der Waals surface area contributed by atoms with Gasteiger partial charge in [0.15, 0.2) is 0 Å². The predicted molar refractivity (Wildman–Crippen MR) is 75.4 cm³/mol. The van der Waals surface area contributed by atoms with Crippen molar-refractivity contribution in [3.8, 4) is 0 Å². The first-order valence-corrected chi connectivity index (χ1v) is 7.49. The van der Waals surface area contributed by atoms with E-state index in [0.29, 0.717) is 6.04 Å². The smallest absolute Gasteiger partial charge is 0.118 e. The van der Waals surface area contributed by atoms with Crippen LogP contribution >= 0.6 is 11.8 Å². The second kappa shape index (κ2) is 7.80. The second-order valence-electron chi connectivity index (χ2n) is 4.63. The third kappa shape index (κ3) is 6.15. The van der Waals surface area contributed by atoms with Crippen molar-refractivity contribution < 1.29 is 4.42 Å². The molecule has 1 rings (SSSR count). The summed E-state index contributed by atoms with van der Waals surface area (Å²) in [6.07, 6.45) is 2.14. The topological polar surface area (TPSA) is 28.4 Å². The van der Waals surface area contributed by atoms with Crippen molar-refractivity contribution in [1.29, 1.82) is 0 Å². The molecule has 0 aliphatic rings. The van der Waals surface area contributed by atoms with Crippen LogP contribution in [-0.4, -0.2) is 36.5 Å². The predicted octanol–water partition coefficient (Wildman–Crippen LogP) is 2.57. The minimum atomic E-state index is 0.493. The van der Waals surface area contributed by atoms with Crippen LogP contribution in [0.15, 0.2) is 16.5 Å². The average Bonchev–Trinajstić information content (AvgIpc) is 2.71. The Balaban J connectivity index is 2.34. The van der Waals surface area contributed by atoms with Crippen LogP contribution in [0.25, 0.3) is 0 Å². The molecule has 0 atom stereocenters. The summed E-state index contributed by atoms with van der Waals surface area (Å²) in [6.45, 7) is 7.08. The molecule has 1 N–H and O–H groups in total. The highest BCUT2D eigenvalue weighted by atomic mass is 32.2. The summed E-state index contributed by atoms with van der Waals surface area (Å²) in [7, 11) is 2.13. The van der Waals surface area contributed by atoms with Crippen molar-refractivity contribution in [2.45, 2.75) is 33.0 Å². The number of hydrogen-bond donors (Lipinski definition) is 1. The zero-order chi connectivity index (χ0) is 12.7. The summed E-state index contributed by atoms with van der Waals surface area (Å²) in [5.74, 6) is 3.24. The monoisotopic (exact) mass is 256 g/mol. The van der Waals surface area contributed by atoms with Crippen LogP contribution < -0.4 is 5.32 Å². The Morgan fingerprint density at radius 3 is 2.71 bits per heavy atom. The second-order valence-corrected chi connectivity index (χ2v) is 5.62. The first-order valence-electron chi connectivity index (χ1n) is 6.10. The van der Waals surface area contributed by atoms with Crippen LogP contribution in [0.5, 0.6) is 0 Å². The zero-order valence-electron chi connectivity index (χ0n) is 11.3. The van der Waals surface area contributed by atoms with Crippen LogP contribution in [0.1, 0.15) is 25.4 Å². The molecule has 0 saturated heterocycles. The lowest BCUT2D eigenvalue weighted by Gasteiger charge is -2.13. The third-order valence-corrected chi connectivity index (χ3v) is 3.10. The molecule has 0 unspecified atom stereocenters. The molecule has 0 aliphatic heterocycles. The molecule has 0 aromatic carbocycles. The minimum Gasteiger partial charge on any atom is -0.463 e. The fourth-order valence-corrected chi connectivity index (χ4v) is 1.99. The number of hydrogen-bond acceptors (Lipinski definition) is 4. The molecule has 0 bridgehead atoms. The fourth-order valence-electron chi connectivity index (χ4n) is 1.50. The normalized spacial score (nSPS) is 11.6. The largest absolute Gasteiger partial charge is 0.463 e. The summed E-state index contributed by atoms with van der Waals surface area (Å²) in [6, 6.07) is 4.63. The molecule has 0 radical (unpaired) electrons. The van der Waals surface area contributed by atoms with Gasteiger partial charge in [-0.3, -0.25) is 4.90 Å². The number of nitrogens with zero attached hydrogens (tertiary/aromatic N) is 1.